The summed E-state index contributed by atoms with van der Waals surface area (Å²) in [5, 5.41) is 11.5. The van der Waals surface area contributed by atoms with E-state index in [4.69, 9.17) is 19.2 Å². The maximum absolute atomic E-state index is 11.5. The van der Waals surface area contributed by atoms with Gasteiger partial charge in [0.1, 0.15) is 0 Å². The van der Waals surface area contributed by atoms with Gasteiger partial charge in [-0.3, -0.25) is 0 Å². The van der Waals surface area contributed by atoms with Gasteiger partial charge < -0.3 is 19.8 Å². The molecule has 0 fully saturated rings. The van der Waals surface area contributed by atoms with Crippen LogP contribution in [0.2, 0.25) is 0 Å². The fraction of sp³-hybridized carbons (Fsp3) is 0.500. The van der Waals surface area contributed by atoms with E-state index in [0.29, 0.717) is 0 Å². The van der Waals surface area contributed by atoms with Crippen LogP contribution in [0.1, 0.15) is 38.8 Å². The maximum Gasteiger partial charge on any atom is 1.00 e. The average molecular weight is 298 g/mol. The SMILES string of the molecule is CCc1ccc([O-])c(C(C)(C)C)c1.O=P(O)(O)O.[Na+]. The third-order valence-electron chi connectivity index (χ3n) is 2.26. The number of hydrogen-bond acceptors (Lipinski definition) is 2. The number of aryl methyl sites for hydroxylation is 1. The van der Waals surface area contributed by atoms with E-state index in [1.807, 2.05) is 12.1 Å². The van der Waals surface area contributed by atoms with Crippen molar-refractivity contribution < 1.29 is 53.9 Å². The summed E-state index contributed by atoms with van der Waals surface area (Å²) in [5.74, 6) is 0.157. The Bertz CT molecular complexity index is 428. The number of hydrogen-bond donors (Lipinski definition) is 3. The van der Waals surface area contributed by atoms with Crippen LogP contribution < -0.4 is 34.7 Å². The molecule has 7 heteroatoms. The Morgan fingerprint density at radius 3 is 1.95 bits per heavy atom. The average Bonchev–Trinajstić information content (AvgIpc) is 2.14. The zero-order valence-corrected chi connectivity index (χ0v) is 14.9. The van der Waals surface area contributed by atoms with E-state index in [2.05, 4.69) is 27.7 Å². The summed E-state index contributed by atoms with van der Waals surface area (Å²) < 4.78 is 8.88. The number of benzene rings is 1. The first-order chi connectivity index (χ1) is 7.95. The largest absolute Gasteiger partial charge is 1.00 e. The minimum atomic E-state index is -4.64. The fourth-order valence-corrected chi connectivity index (χ4v) is 1.38. The molecule has 0 aliphatic carbocycles. The molecule has 104 valence electrons. The summed E-state index contributed by atoms with van der Waals surface area (Å²) >= 11 is 0. The zero-order chi connectivity index (χ0) is 14.6. The van der Waals surface area contributed by atoms with E-state index in [1.54, 1.807) is 6.07 Å². The van der Waals surface area contributed by atoms with Crippen molar-refractivity contribution in [2.75, 3.05) is 0 Å². The Kier molecular flexibility index (Phi) is 9.50. The monoisotopic (exact) mass is 298 g/mol. The molecule has 1 rings (SSSR count). The first-order valence-corrected chi connectivity index (χ1v) is 7.10. The van der Waals surface area contributed by atoms with Gasteiger partial charge in [-0.1, -0.05) is 51.5 Å². The van der Waals surface area contributed by atoms with Crippen molar-refractivity contribution >= 4 is 7.82 Å². The van der Waals surface area contributed by atoms with Crippen molar-refractivity contribution in [3.05, 3.63) is 29.3 Å². The molecule has 0 amide bonds. The molecule has 0 unspecified atom stereocenters. The van der Waals surface area contributed by atoms with E-state index in [0.717, 1.165) is 12.0 Å². The van der Waals surface area contributed by atoms with Crippen molar-refractivity contribution in [3.8, 4) is 5.75 Å². The topological polar surface area (TPSA) is 101 Å². The summed E-state index contributed by atoms with van der Waals surface area (Å²) in [6.07, 6.45) is 0.989. The third-order valence-corrected chi connectivity index (χ3v) is 2.26. The molecule has 0 aliphatic rings. The Hall–Kier alpha value is 0.130. The Morgan fingerprint density at radius 2 is 1.63 bits per heavy atom. The van der Waals surface area contributed by atoms with Crippen molar-refractivity contribution in [3.63, 3.8) is 0 Å². The van der Waals surface area contributed by atoms with E-state index in [9.17, 15) is 5.11 Å². The van der Waals surface area contributed by atoms with Gasteiger partial charge in [0.25, 0.3) is 0 Å². The Balaban J connectivity index is 0. The number of phosphoric acid groups is 1. The fourth-order valence-electron chi connectivity index (χ4n) is 1.38. The summed E-state index contributed by atoms with van der Waals surface area (Å²) in [7, 11) is -4.64. The standard InChI is InChI=1S/C12H18O.Na.H3O4P/c1-5-9-6-7-11(13)10(8-9)12(2,3)4;;1-5(2,3)4/h6-8,13H,5H2,1-4H3;;(H3,1,2,3,4)/q;+1;/p-1. The third kappa shape index (κ3) is 10.6. The number of rotatable bonds is 1. The van der Waals surface area contributed by atoms with Gasteiger partial charge in [0.2, 0.25) is 0 Å². The summed E-state index contributed by atoms with van der Waals surface area (Å²) in [6.45, 7) is 8.32. The molecule has 0 aromatic heterocycles. The molecular formula is C12H20NaO5P. The molecule has 0 radical (unpaired) electrons. The minimum Gasteiger partial charge on any atom is -0.872 e. The minimum absolute atomic E-state index is 0. The molecule has 1 aromatic rings. The summed E-state index contributed by atoms with van der Waals surface area (Å²) in [4.78, 5) is 21.6. The molecule has 0 aliphatic heterocycles. The van der Waals surface area contributed by atoms with Crippen LogP contribution in [0.5, 0.6) is 5.75 Å². The second-order valence-electron chi connectivity index (χ2n) is 4.95. The molecule has 1 aromatic carbocycles. The molecule has 0 atom stereocenters. The second kappa shape index (κ2) is 8.42. The molecular weight excluding hydrogens is 278 g/mol. The molecule has 0 heterocycles. The van der Waals surface area contributed by atoms with Gasteiger partial charge in [0.05, 0.1) is 0 Å². The van der Waals surface area contributed by atoms with Crippen molar-refractivity contribution in [2.45, 2.75) is 39.5 Å². The Morgan fingerprint density at radius 1 is 1.21 bits per heavy atom. The van der Waals surface area contributed by atoms with Gasteiger partial charge in [0, 0.05) is 0 Å². The van der Waals surface area contributed by atoms with E-state index in [-0.39, 0.29) is 40.7 Å². The molecule has 0 bridgehead atoms. The summed E-state index contributed by atoms with van der Waals surface area (Å²) in [5.41, 5.74) is 2.12. The smallest absolute Gasteiger partial charge is 0.872 e. The summed E-state index contributed by atoms with van der Waals surface area (Å²) in [6, 6.07) is 5.62. The van der Waals surface area contributed by atoms with Gasteiger partial charge in [0.15, 0.2) is 0 Å². The predicted octanol–water partition coefficient (Wildman–Crippen LogP) is -1.30. The molecule has 0 saturated carbocycles. The van der Waals surface area contributed by atoms with Crippen molar-refractivity contribution in [1.82, 2.24) is 0 Å². The first-order valence-electron chi connectivity index (χ1n) is 5.54. The van der Waals surface area contributed by atoms with Gasteiger partial charge in [-0.05, 0) is 17.4 Å². The van der Waals surface area contributed by atoms with Crippen LogP contribution in [-0.4, -0.2) is 14.7 Å². The van der Waals surface area contributed by atoms with Gasteiger partial charge in [-0.15, -0.1) is 5.75 Å². The van der Waals surface area contributed by atoms with E-state index < -0.39 is 7.82 Å². The quantitative estimate of drug-likeness (QED) is 0.442. The van der Waals surface area contributed by atoms with Crippen LogP contribution in [0.25, 0.3) is 0 Å². The molecule has 0 saturated heterocycles. The van der Waals surface area contributed by atoms with E-state index in [1.165, 1.54) is 5.56 Å². The maximum atomic E-state index is 11.5. The Labute approximate surface area is 136 Å². The van der Waals surface area contributed by atoms with E-state index >= 15 is 0 Å². The van der Waals surface area contributed by atoms with Crippen LogP contribution in [0, 0.1) is 0 Å². The van der Waals surface area contributed by atoms with Crippen LogP contribution in [0.3, 0.4) is 0 Å². The van der Waals surface area contributed by atoms with Crippen LogP contribution in [0.4, 0.5) is 0 Å². The molecule has 19 heavy (non-hydrogen) atoms. The predicted molar refractivity (Wildman–Crippen MR) is 68.2 cm³/mol. The van der Waals surface area contributed by atoms with Gasteiger partial charge in [-0.2, -0.15) is 0 Å². The van der Waals surface area contributed by atoms with Crippen molar-refractivity contribution in [2.24, 2.45) is 0 Å². The zero-order valence-electron chi connectivity index (χ0n) is 12.0. The first kappa shape index (κ1) is 21.4. The molecule has 5 nitrogen and oxygen atoms in total. The van der Waals surface area contributed by atoms with Crippen LogP contribution in [-0.2, 0) is 16.4 Å². The molecule has 0 spiro atoms. The second-order valence-corrected chi connectivity index (χ2v) is 5.97. The normalized spacial score (nSPS) is 11.1. The van der Waals surface area contributed by atoms with Gasteiger partial charge >= 0.3 is 37.4 Å². The van der Waals surface area contributed by atoms with Crippen molar-refractivity contribution in [1.29, 1.82) is 0 Å². The van der Waals surface area contributed by atoms with Crippen LogP contribution >= 0.6 is 7.82 Å². The van der Waals surface area contributed by atoms with Gasteiger partial charge in [-0.25, -0.2) is 4.57 Å². The molecule has 3 N–H and O–H groups in total. The van der Waals surface area contributed by atoms with Crippen LogP contribution in [0.15, 0.2) is 18.2 Å².